The average Bonchev–Trinajstić information content (AvgIpc) is 2.45. The molecule has 0 N–H and O–H groups in total. The van der Waals surface area contributed by atoms with Crippen molar-refractivity contribution in [1.29, 1.82) is 0 Å². The van der Waals surface area contributed by atoms with Crippen molar-refractivity contribution in [3.8, 4) is 0 Å². The number of hydrogen-bond donors (Lipinski definition) is 0. The molecule has 0 atom stereocenters. The van der Waals surface area contributed by atoms with Gasteiger partial charge in [-0.05, 0) is 36.5 Å². The Kier molecular flexibility index (Phi) is 5.75. The van der Waals surface area contributed by atoms with Gasteiger partial charge in [-0.1, -0.05) is 57.1 Å². The Labute approximate surface area is 119 Å². The first-order valence-electron chi connectivity index (χ1n) is 8.02. The Bertz CT molecular complexity index is 346. The van der Waals surface area contributed by atoms with E-state index in [4.69, 9.17) is 0 Å². The third kappa shape index (κ3) is 4.89. The van der Waals surface area contributed by atoms with Crippen molar-refractivity contribution < 1.29 is 0 Å². The van der Waals surface area contributed by atoms with Gasteiger partial charge in [-0.15, -0.1) is 0 Å². The molecule has 0 radical (unpaired) electrons. The van der Waals surface area contributed by atoms with Crippen LogP contribution in [0, 0.1) is 5.92 Å². The molecule has 0 unspecified atom stereocenters. The third-order valence-corrected chi connectivity index (χ3v) is 4.51. The smallest absolute Gasteiger partial charge is 0.0361 e. The Morgan fingerprint density at radius 2 is 1.63 bits per heavy atom. The normalized spacial score (nSPS) is 16.5. The first-order valence-corrected chi connectivity index (χ1v) is 8.02. The van der Waals surface area contributed by atoms with E-state index in [9.17, 15) is 0 Å². The molecule has 1 saturated carbocycles. The molecule has 106 valence electrons. The summed E-state index contributed by atoms with van der Waals surface area (Å²) in [5.74, 6) is 1.05. The van der Waals surface area contributed by atoms with Gasteiger partial charge in [0, 0.05) is 19.8 Å². The lowest BCUT2D eigenvalue weighted by Gasteiger charge is -2.21. The predicted octanol–water partition coefficient (Wildman–Crippen LogP) is 5.05. The van der Waals surface area contributed by atoms with Gasteiger partial charge in [0.2, 0.25) is 0 Å². The van der Waals surface area contributed by atoms with Crippen molar-refractivity contribution in [2.45, 2.75) is 57.8 Å². The minimum absolute atomic E-state index is 1.05. The summed E-state index contributed by atoms with van der Waals surface area (Å²) in [5, 5.41) is 0. The van der Waals surface area contributed by atoms with Gasteiger partial charge in [0.05, 0.1) is 0 Å². The monoisotopic (exact) mass is 259 g/mol. The van der Waals surface area contributed by atoms with E-state index in [0.29, 0.717) is 0 Å². The Balaban J connectivity index is 1.64. The van der Waals surface area contributed by atoms with Gasteiger partial charge in [-0.2, -0.15) is 0 Å². The average molecular weight is 259 g/mol. The van der Waals surface area contributed by atoms with Gasteiger partial charge in [-0.3, -0.25) is 0 Å². The number of anilines is 1. The summed E-state index contributed by atoms with van der Waals surface area (Å²) in [6, 6.07) is 9.04. The van der Waals surface area contributed by atoms with Gasteiger partial charge >= 0.3 is 0 Å². The van der Waals surface area contributed by atoms with Crippen LogP contribution in [-0.2, 0) is 6.42 Å². The summed E-state index contributed by atoms with van der Waals surface area (Å²) in [6.07, 6.45) is 12.9. The lowest BCUT2D eigenvalue weighted by atomic mass is 9.85. The molecular formula is C18H29N. The number of hydrogen-bond acceptors (Lipinski definition) is 1. The Morgan fingerprint density at radius 3 is 2.26 bits per heavy atom. The maximum absolute atomic E-state index is 2.29. The highest BCUT2D eigenvalue weighted by Crippen LogP contribution is 2.28. The molecule has 1 aromatic carbocycles. The summed E-state index contributed by atoms with van der Waals surface area (Å²) in [5.41, 5.74) is 2.79. The van der Waals surface area contributed by atoms with Crippen LogP contribution in [0.2, 0.25) is 0 Å². The number of unbranched alkanes of at least 4 members (excludes halogenated alkanes) is 1. The zero-order chi connectivity index (χ0) is 13.5. The molecule has 1 aliphatic rings. The fourth-order valence-corrected chi connectivity index (χ4v) is 3.20. The summed E-state index contributed by atoms with van der Waals surface area (Å²) in [6.45, 7) is 0. The third-order valence-electron chi connectivity index (χ3n) is 4.51. The van der Waals surface area contributed by atoms with E-state index in [2.05, 4.69) is 43.3 Å². The largest absolute Gasteiger partial charge is 0.378 e. The summed E-state index contributed by atoms with van der Waals surface area (Å²) in [4.78, 5) is 2.16. The standard InChI is InChI=1S/C18H29N/c1-19(2)18-14-12-17(13-15-18)11-7-6-10-16-8-4-3-5-9-16/h12-16H,3-11H2,1-2H3. The highest BCUT2D eigenvalue weighted by Gasteiger charge is 2.12. The molecule has 0 aromatic heterocycles. The maximum atomic E-state index is 2.29. The Hall–Kier alpha value is -0.980. The van der Waals surface area contributed by atoms with Crippen molar-refractivity contribution in [3.05, 3.63) is 29.8 Å². The molecule has 0 amide bonds. The molecule has 0 saturated heterocycles. The van der Waals surface area contributed by atoms with Crippen LogP contribution in [0.15, 0.2) is 24.3 Å². The maximum Gasteiger partial charge on any atom is 0.0361 e. The fraction of sp³-hybridized carbons (Fsp3) is 0.667. The van der Waals surface area contributed by atoms with Crippen LogP contribution < -0.4 is 4.90 Å². The number of benzene rings is 1. The van der Waals surface area contributed by atoms with Crippen molar-refractivity contribution >= 4 is 5.69 Å². The molecular weight excluding hydrogens is 230 g/mol. The van der Waals surface area contributed by atoms with E-state index in [1.54, 1.807) is 0 Å². The molecule has 0 spiro atoms. The van der Waals surface area contributed by atoms with E-state index in [1.807, 2.05) is 0 Å². The highest BCUT2D eigenvalue weighted by molar-refractivity contribution is 5.45. The predicted molar refractivity (Wildman–Crippen MR) is 84.9 cm³/mol. The van der Waals surface area contributed by atoms with E-state index in [0.717, 1.165) is 5.92 Å². The highest BCUT2D eigenvalue weighted by atomic mass is 15.1. The number of rotatable bonds is 6. The van der Waals surface area contributed by atoms with Gasteiger partial charge in [0.25, 0.3) is 0 Å². The van der Waals surface area contributed by atoms with Crippen LogP contribution in [0.3, 0.4) is 0 Å². The van der Waals surface area contributed by atoms with Gasteiger partial charge < -0.3 is 4.90 Å². The van der Waals surface area contributed by atoms with Crippen molar-refractivity contribution in [1.82, 2.24) is 0 Å². The Morgan fingerprint density at radius 1 is 0.947 bits per heavy atom. The molecule has 1 fully saturated rings. The van der Waals surface area contributed by atoms with Gasteiger partial charge in [-0.25, -0.2) is 0 Å². The second-order valence-corrected chi connectivity index (χ2v) is 6.31. The molecule has 1 nitrogen and oxygen atoms in total. The zero-order valence-corrected chi connectivity index (χ0v) is 12.7. The minimum Gasteiger partial charge on any atom is -0.378 e. The molecule has 1 aromatic rings. The first-order chi connectivity index (χ1) is 9.25. The second kappa shape index (κ2) is 7.57. The molecule has 0 heterocycles. The number of aryl methyl sites for hydroxylation is 1. The summed E-state index contributed by atoms with van der Waals surface area (Å²) >= 11 is 0. The molecule has 1 heteroatoms. The SMILES string of the molecule is CN(C)c1ccc(CCCCC2CCCCC2)cc1. The number of nitrogens with zero attached hydrogens (tertiary/aromatic N) is 1. The first kappa shape index (κ1) is 14.4. The van der Waals surface area contributed by atoms with Crippen molar-refractivity contribution in [3.63, 3.8) is 0 Å². The van der Waals surface area contributed by atoms with E-state index >= 15 is 0 Å². The lowest BCUT2D eigenvalue weighted by Crippen LogP contribution is -2.08. The quantitative estimate of drug-likeness (QED) is 0.646. The summed E-state index contributed by atoms with van der Waals surface area (Å²) in [7, 11) is 4.19. The van der Waals surface area contributed by atoms with Crippen LogP contribution in [0.25, 0.3) is 0 Å². The van der Waals surface area contributed by atoms with E-state index in [-0.39, 0.29) is 0 Å². The molecule has 0 bridgehead atoms. The fourth-order valence-electron chi connectivity index (χ4n) is 3.20. The van der Waals surface area contributed by atoms with Gasteiger partial charge in [0.1, 0.15) is 0 Å². The van der Waals surface area contributed by atoms with E-state index < -0.39 is 0 Å². The summed E-state index contributed by atoms with van der Waals surface area (Å²) < 4.78 is 0. The molecule has 19 heavy (non-hydrogen) atoms. The second-order valence-electron chi connectivity index (χ2n) is 6.31. The minimum atomic E-state index is 1.05. The van der Waals surface area contributed by atoms with Crippen LogP contribution in [0.1, 0.15) is 56.9 Å². The van der Waals surface area contributed by atoms with Crippen LogP contribution in [0.5, 0.6) is 0 Å². The van der Waals surface area contributed by atoms with Crippen LogP contribution >= 0.6 is 0 Å². The molecule has 0 aliphatic heterocycles. The zero-order valence-electron chi connectivity index (χ0n) is 12.7. The molecule has 2 rings (SSSR count). The topological polar surface area (TPSA) is 3.24 Å². The lowest BCUT2D eigenvalue weighted by molar-refractivity contribution is 0.330. The van der Waals surface area contributed by atoms with E-state index in [1.165, 1.54) is 69.0 Å². The van der Waals surface area contributed by atoms with Crippen LogP contribution in [0.4, 0.5) is 5.69 Å². The van der Waals surface area contributed by atoms with Gasteiger partial charge in [0.15, 0.2) is 0 Å². The molecule has 1 aliphatic carbocycles. The van der Waals surface area contributed by atoms with Crippen molar-refractivity contribution in [2.75, 3.05) is 19.0 Å². The van der Waals surface area contributed by atoms with Crippen molar-refractivity contribution in [2.24, 2.45) is 5.92 Å². The van der Waals surface area contributed by atoms with Crippen LogP contribution in [-0.4, -0.2) is 14.1 Å².